The third-order valence-electron chi connectivity index (χ3n) is 5.54. The molecule has 1 aromatic heterocycles. The number of benzene rings is 1. The molecule has 30 heavy (non-hydrogen) atoms. The number of carbonyl (C=O) groups is 2. The average Bonchev–Trinajstić information content (AvgIpc) is 2.85. The number of carbonyl (C=O) groups excluding carboxylic acids is 2. The lowest BCUT2D eigenvalue weighted by molar-refractivity contribution is -0.113. The molecular formula is C24H30N2O4. The molecule has 0 aliphatic heterocycles. The van der Waals surface area contributed by atoms with Gasteiger partial charge in [-0.2, -0.15) is 0 Å². The number of rotatable bonds is 8. The van der Waals surface area contributed by atoms with Crippen molar-refractivity contribution in [2.24, 2.45) is 0 Å². The van der Waals surface area contributed by atoms with Gasteiger partial charge in [0.1, 0.15) is 11.5 Å². The van der Waals surface area contributed by atoms with Crippen LogP contribution in [0.15, 0.2) is 29.5 Å². The summed E-state index contributed by atoms with van der Waals surface area (Å²) in [5.41, 5.74) is 4.17. The van der Waals surface area contributed by atoms with E-state index in [0.717, 1.165) is 41.7 Å². The molecule has 0 bridgehead atoms. The van der Waals surface area contributed by atoms with Crippen molar-refractivity contribution >= 4 is 28.5 Å². The van der Waals surface area contributed by atoms with Crippen LogP contribution in [0.1, 0.15) is 41.9 Å². The second-order valence-electron chi connectivity index (χ2n) is 7.89. The molecule has 0 saturated heterocycles. The number of aromatic nitrogens is 1. The molecule has 3 rings (SSSR count). The highest BCUT2D eigenvalue weighted by Gasteiger charge is 2.24. The van der Waals surface area contributed by atoms with E-state index >= 15 is 0 Å². The molecule has 0 spiro atoms. The van der Waals surface area contributed by atoms with Gasteiger partial charge in [-0.25, -0.2) is 0 Å². The molecule has 160 valence electrons. The van der Waals surface area contributed by atoms with Gasteiger partial charge in [-0.3, -0.25) is 9.59 Å². The summed E-state index contributed by atoms with van der Waals surface area (Å²) in [4.78, 5) is 26.7. The summed E-state index contributed by atoms with van der Waals surface area (Å²) < 4.78 is 13.3. The predicted molar refractivity (Wildman–Crippen MR) is 119 cm³/mol. The van der Waals surface area contributed by atoms with E-state index in [2.05, 4.69) is 23.6 Å². The van der Waals surface area contributed by atoms with E-state index in [4.69, 9.17) is 9.47 Å². The molecule has 1 aliphatic carbocycles. The SMILES string of the molecule is COC1=CCc2c(c3cc(C(C)=O)c(OC)cc3n2CCCN(C)C)C=C1C(C)=O. The quantitative estimate of drug-likeness (QED) is 0.619. The second-order valence-corrected chi connectivity index (χ2v) is 7.89. The Balaban J connectivity index is 2.29. The first-order valence-corrected chi connectivity index (χ1v) is 10.1. The monoisotopic (exact) mass is 410 g/mol. The maximum atomic E-state index is 12.3. The van der Waals surface area contributed by atoms with Crippen molar-refractivity contribution < 1.29 is 19.1 Å². The van der Waals surface area contributed by atoms with Crippen LogP contribution < -0.4 is 4.74 Å². The first-order valence-electron chi connectivity index (χ1n) is 10.1. The van der Waals surface area contributed by atoms with Crippen LogP contribution in [0, 0.1) is 0 Å². The molecule has 0 saturated carbocycles. The third kappa shape index (κ3) is 4.05. The highest BCUT2D eigenvalue weighted by atomic mass is 16.5. The highest BCUT2D eigenvalue weighted by molar-refractivity contribution is 6.07. The fourth-order valence-electron chi connectivity index (χ4n) is 4.06. The van der Waals surface area contributed by atoms with Gasteiger partial charge < -0.3 is 18.9 Å². The molecule has 0 amide bonds. The third-order valence-corrected chi connectivity index (χ3v) is 5.54. The Morgan fingerprint density at radius 2 is 1.83 bits per heavy atom. The van der Waals surface area contributed by atoms with E-state index in [0.29, 0.717) is 29.1 Å². The molecule has 0 N–H and O–H groups in total. The van der Waals surface area contributed by atoms with Crippen LogP contribution in [0.5, 0.6) is 5.75 Å². The normalized spacial score (nSPS) is 13.6. The van der Waals surface area contributed by atoms with Crippen LogP contribution in [0.2, 0.25) is 0 Å². The standard InChI is InChI=1S/C24H30N2O4/c1-15(27)17-12-19-20-13-18(16(2)28)24(30-6)14-22(20)26(11-7-10-25(3)4)21(19)8-9-23(17)29-5/h9,12-14H,7-8,10-11H2,1-6H3. The summed E-state index contributed by atoms with van der Waals surface area (Å²) in [6, 6.07) is 3.84. The van der Waals surface area contributed by atoms with Gasteiger partial charge in [-0.15, -0.1) is 0 Å². The van der Waals surface area contributed by atoms with E-state index in [1.165, 1.54) is 6.92 Å². The van der Waals surface area contributed by atoms with Gasteiger partial charge in [-0.1, -0.05) is 0 Å². The lowest BCUT2D eigenvalue weighted by atomic mass is 10.0. The Morgan fingerprint density at radius 3 is 2.40 bits per heavy atom. The van der Waals surface area contributed by atoms with E-state index in [1.54, 1.807) is 21.1 Å². The molecule has 0 unspecified atom stereocenters. The Kier molecular flexibility index (Phi) is 6.46. The number of ether oxygens (including phenoxy) is 2. The zero-order valence-corrected chi connectivity index (χ0v) is 18.7. The number of aryl methyl sites for hydroxylation is 1. The zero-order chi connectivity index (χ0) is 22.0. The van der Waals surface area contributed by atoms with Crippen LogP contribution >= 0.6 is 0 Å². The first kappa shape index (κ1) is 21.8. The molecule has 0 atom stereocenters. The number of fused-ring (bicyclic) bond motifs is 3. The van der Waals surface area contributed by atoms with Gasteiger partial charge in [0.15, 0.2) is 11.6 Å². The minimum atomic E-state index is -0.0528. The van der Waals surface area contributed by atoms with Crippen molar-refractivity contribution in [1.29, 1.82) is 0 Å². The maximum absolute atomic E-state index is 12.3. The van der Waals surface area contributed by atoms with E-state index in [-0.39, 0.29) is 11.6 Å². The number of hydrogen-bond donors (Lipinski definition) is 0. The van der Waals surface area contributed by atoms with Gasteiger partial charge in [0.2, 0.25) is 0 Å². The van der Waals surface area contributed by atoms with Crippen molar-refractivity contribution in [3.63, 3.8) is 0 Å². The van der Waals surface area contributed by atoms with Crippen LogP contribution in [0.4, 0.5) is 0 Å². The highest BCUT2D eigenvalue weighted by Crippen LogP contribution is 2.37. The molecule has 1 aromatic carbocycles. The molecule has 6 nitrogen and oxygen atoms in total. The van der Waals surface area contributed by atoms with E-state index in [9.17, 15) is 9.59 Å². The average molecular weight is 411 g/mol. The molecular weight excluding hydrogens is 380 g/mol. The summed E-state index contributed by atoms with van der Waals surface area (Å²) in [7, 11) is 7.29. The predicted octanol–water partition coefficient (Wildman–Crippen LogP) is 3.86. The fraction of sp³-hybridized carbons (Fsp3) is 0.417. The van der Waals surface area contributed by atoms with Gasteiger partial charge in [0, 0.05) is 35.7 Å². The van der Waals surface area contributed by atoms with Crippen molar-refractivity contribution in [1.82, 2.24) is 9.47 Å². The summed E-state index contributed by atoms with van der Waals surface area (Å²) in [5, 5.41) is 0.949. The molecule has 6 heteroatoms. The van der Waals surface area contributed by atoms with Crippen LogP contribution in [-0.2, 0) is 22.5 Å². The first-order chi connectivity index (χ1) is 14.3. The number of Topliss-reactive ketones (excluding diaryl/α,β-unsaturated/α-hetero) is 2. The summed E-state index contributed by atoms with van der Waals surface area (Å²) in [6.45, 7) is 4.87. The molecule has 1 heterocycles. The maximum Gasteiger partial charge on any atom is 0.163 e. The lowest BCUT2D eigenvalue weighted by Crippen LogP contribution is -2.15. The molecule has 1 aliphatic rings. The second kappa shape index (κ2) is 8.88. The van der Waals surface area contributed by atoms with Gasteiger partial charge in [0.05, 0.1) is 30.9 Å². The van der Waals surface area contributed by atoms with Crippen molar-refractivity contribution in [2.75, 3.05) is 34.9 Å². The van der Waals surface area contributed by atoms with Crippen LogP contribution in [-0.4, -0.2) is 55.9 Å². The van der Waals surface area contributed by atoms with Crippen molar-refractivity contribution in [3.8, 4) is 5.75 Å². The van der Waals surface area contributed by atoms with Gasteiger partial charge in [0.25, 0.3) is 0 Å². The largest absolute Gasteiger partial charge is 0.496 e. The number of nitrogens with zero attached hydrogens (tertiary/aromatic N) is 2. The molecule has 0 fully saturated rings. The van der Waals surface area contributed by atoms with Crippen LogP contribution in [0.25, 0.3) is 17.0 Å². The number of methoxy groups -OCH3 is 2. The van der Waals surface area contributed by atoms with E-state index in [1.807, 2.05) is 24.3 Å². The smallest absolute Gasteiger partial charge is 0.163 e. The summed E-state index contributed by atoms with van der Waals surface area (Å²) in [6.07, 6.45) is 5.48. The van der Waals surface area contributed by atoms with Crippen molar-refractivity contribution in [3.05, 3.63) is 46.4 Å². The Morgan fingerprint density at radius 1 is 1.10 bits per heavy atom. The Hall–Kier alpha value is -2.86. The Labute approximate surface area is 177 Å². The summed E-state index contributed by atoms with van der Waals surface area (Å²) >= 11 is 0. The summed E-state index contributed by atoms with van der Waals surface area (Å²) in [5.74, 6) is 1.06. The molecule has 2 aromatic rings. The minimum Gasteiger partial charge on any atom is -0.496 e. The lowest BCUT2D eigenvalue weighted by Gasteiger charge is -2.14. The number of ketones is 2. The zero-order valence-electron chi connectivity index (χ0n) is 18.7. The van der Waals surface area contributed by atoms with Gasteiger partial charge >= 0.3 is 0 Å². The van der Waals surface area contributed by atoms with E-state index < -0.39 is 0 Å². The minimum absolute atomic E-state index is 0.0511. The van der Waals surface area contributed by atoms with Gasteiger partial charge in [-0.05, 0) is 59.1 Å². The topological polar surface area (TPSA) is 60.8 Å². The Bertz CT molecular complexity index is 1060. The molecule has 0 radical (unpaired) electrons. The number of allylic oxidation sites excluding steroid dienone is 2. The van der Waals surface area contributed by atoms with Crippen molar-refractivity contribution in [2.45, 2.75) is 33.2 Å². The number of hydrogen-bond acceptors (Lipinski definition) is 5. The fourth-order valence-corrected chi connectivity index (χ4v) is 4.06. The van der Waals surface area contributed by atoms with Crippen LogP contribution in [0.3, 0.4) is 0 Å².